The van der Waals surface area contributed by atoms with Gasteiger partial charge in [-0.1, -0.05) is 19.1 Å². The molecule has 1 aliphatic heterocycles. The summed E-state index contributed by atoms with van der Waals surface area (Å²) in [5.41, 5.74) is -0.0329. The normalized spacial score (nSPS) is 19.2. The largest absolute Gasteiger partial charge is 0.336 e. The SMILES string of the molecule is C=CCC1(CC=C)CCCCN1C(=O)CC. The quantitative estimate of drug-likeness (QED) is 0.652. The lowest BCUT2D eigenvalue weighted by Crippen LogP contribution is -2.54. The first kappa shape index (κ1) is 13.0. The van der Waals surface area contributed by atoms with Gasteiger partial charge in [-0.15, -0.1) is 13.2 Å². The number of likely N-dealkylation sites (tertiary alicyclic amines) is 1. The van der Waals surface area contributed by atoms with Gasteiger partial charge in [0.05, 0.1) is 0 Å². The molecule has 2 heteroatoms. The molecule has 0 saturated carbocycles. The third kappa shape index (κ3) is 2.55. The van der Waals surface area contributed by atoms with Crippen molar-refractivity contribution in [2.24, 2.45) is 0 Å². The minimum absolute atomic E-state index is 0.0329. The number of hydrogen-bond donors (Lipinski definition) is 0. The second kappa shape index (κ2) is 5.88. The van der Waals surface area contributed by atoms with Gasteiger partial charge in [-0.05, 0) is 32.1 Å². The van der Waals surface area contributed by atoms with Crippen LogP contribution in [-0.4, -0.2) is 22.9 Å². The van der Waals surface area contributed by atoms with E-state index >= 15 is 0 Å². The van der Waals surface area contributed by atoms with Crippen LogP contribution in [0.15, 0.2) is 25.3 Å². The van der Waals surface area contributed by atoms with Gasteiger partial charge in [0, 0.05) is 18.5 Å². The first-order valence-electron chi connectivity index (χ1n) is 6.22. The van der Waals surface area contributed by atoms with Crippen LogP contribution in [0.5, 0.6) is 0 Å². The van der Waals surface area contributed by atoms with Crippen molar-refractivity contribution >= 4 is 5.91 Å². The highest BCUT2D eigenvalue weighted by atomic mass is 16.2. The van der Waals surface area contributed by atoms with E-state index in [-0.39, 0.29) is 11.4 Å². The van der Waals surface area contributed by atoms with E-state index in [2.05, 4.69) is 18.1 Å². The van der Waals surface area contributed by atoms with E-state index in [1.54, 1.807) is 0 Å². The van der Waals surface area contributed by atoms with Crippen molar-refractivity contribution in [1.82, 2.24) is 4.90 Å². The minimum Gasteiger partial charge on any atom is -0.336 e. The zero-order chi connectivity index (χ0) is 12.0. The maximum atomic E-state index is 12.0. The predicted octanol–water partition coefficient (Wildman–Crippen LogP) is 3.30. The Kier molecular flexibility index (Phi) is 4.78. The minimum atomic E-state index is -0.0329. The van der Waals surface area contributed by atoms with Crippen molar-refractivity contribution in [1.29, 1.82) is 0 Å². The van der Waals surface area contributed by atoms with Crippen molar-refractivity contribution in [2.75, 3.05) is 6.54 Å². The average Bonchev–Trinajstić information content (AvgIpc) is 2.29. The van der Waals surface area contributed by atoms with Crippen LogP contribution >= 0.6 is 0 Å². The van der Waals surface area contributed by atoms with Crippen molar-refractivity contribution < 1.29 is 4.79 Å². The second-order valence-electron chi connectivity index (χ2n) is 4.57. The van der Waals surface area contributed by atoms with Crippen molar-refractivity contribution in [3.8, 4) is 0 Å². The molecule has 0 N–H and O–H groups in total. The molecular weight excluding hydrogens is 198 g/mol. The maximum Gasteiger partial charge on any atom is 0.222 e. The summed E-state index contributed by atoms with van der Waals surface area (Å²) in [6, 6.07) is 0. The van der Waals surface area contributed by atoms with Gasteiger partial charge in [0.15, 0.2) is 0 Å². The molecule has 90 valence electrons. The van der Waals surface area contributed by atoms with Crippen molar-refractivity contribution in [2.45, 2.75) is 51.0 Å². The summed E-state index contributed by atoms with van der Waals surface area (Å²) in [6.07, 6.45) is 9.63. The highest BCUT2D eigenvalue weighted by molar-refractivity contribution is 5.77. The van der Waals surface area contributed by atoms with Gasteiger partial charge < -0.3 is 4.90 Å². The molecule has 0 aliphatic carbocycles. The Morgan fingerprint density at radius 2 is 1.94 bits per heavy atom. The molecule has 0 bridgehead atoms. The van der Waals surface area contributed by atoms with Crippen LogP contribution in [0.2, 0.25) is 0 Å². The van der Waals surface area contributed by atoms with E-state index < -0.39 is 0 Å². The highest BCUT2D eigenvalue weighted by Crippen LogP contribution is 2.35. The molecule has 0 atom stereocenters. The molecule has 2 nitrogen and oxygen atoms in total. The monoisotopic (exact) mass is 221 g/mol. The fourth-order valence-electron chi connectivity index (χ4n) is 2.72. The van der Waals surface area contributed by atoms with Crippen LogP contribution in [0, 0.1) is 0 Å². The number of piperidine rings is 1. The molecule has 1 fully saturated rings. The first-order valence-corrected chi connectivity index (χ1v) is 6.22. The lowest BCUT2D eigenvalue weighted by molar-refractivity contribution is -0.139. The van der Waals surface area contributed by atoms with Gasteiger partial charge in [-0.25, -0.2) is 0 Å². The van der Waals surface area contributed by atoms with Gasteiger partial charge in [-0.2, -0.15) is 0 Å². The summed E-state index contributed by atoms with van der Waals surface area (Å²) in [7, 11) is 0. The summed E-state index contributed by atoms with van der Waals surface area (Å²) >= 11 is 0. The Balaban J connectivity index is 2.93. The highest BCUT2D eigenvalue weighted by Gasteiger charge is 2.38. The number of hydrogen-bond acceptors (Lipinski definition) is 1. The standard InChI is InChI=1S/C14H23NO/c1-4-9-14(10-5-2)11-7-8-12-15(14)13(16)6-3/h4-5H,1-2,6-12H2,3H3. The number of rotatable bonds is 5. The summed E-state index contributed by atoms with van der Waals surface area (Å²) in [5, 5.41) is 0. The number of carbonyl (C=O) groups is 1. The van der Waals surface area contributed by atoms with Crippen LogP contribution in [0.25, 0.3) is 0 Å². The van der Waals surface area contributed by atoms with E-state index in [0.717, 1.165) is 32.2 Å². The molecule has 1 rings (SSSR count). The van der Waals surface area contributed by atoms with Gasteiger partial charge >= 0.3 is 0 Å². The third-order valence-corrected chi connectivity index (χ3v) is 3.50. The molecule has 0 unspecified atom stereocenters. The fourth-order valence-corrected chi connectivity index (χ4v) is 2.72. The first-order chi connectivity index (χ1) is 7.70. The Labute approximate surface area is 99.0 Å². The average molecular weight is 221 g/mol. The molecule has 1 saturated heterocycles. The molecule has 0 radical (unpaired) electrons. The third-order valence-electron chi connectivity index (χ3n) is 3.50. The molecule has 0 spiro atoms. The zero-order valence-electron chi connectivity index (χ0n) is 10.4. The van der Waals surface area contributed by atoms with Crippen molar-refractivity contribution in [3.05, 3.63) is 25.3 Å². The Bertz CT molecular complexity index is 260. The van der Waals surface area contributed by atoms with Crippen LogP contribution in [0.1, 0.15) is 45.4 Å². The molecule has 16 heavy (non-hydrogen) atoms. The smallest absolute Gasteiger partial charge is 0.222 e. The molecule has 1 aliphatic rings. The van der Waals surface area contributed by atoms with Crippen LogP contribution in [0.3, 0.4) is 0 Å². The van der Waals surface area contributed by atoms with Gasteiger partial charge in [0.25, 0.3) is 0 Å². The zero-order valence-corrected chi connectivity index (χ0v) is 10.4. The van der Waals surface area contributed by atoms with E-state index in [1.807, 2.05) is 19.1 Å². The van der Waals surface area contributed by atoms with E-state index in [9.17, 15) is 4.79 Å². The summed E-state index contributed by atoms with van der Waals surface area (Å²) < 4.78 is 0. The van der Waals surface area contributed by atoms with E-state index in [4.69, 9.17) is 0 Å². The summed E-state index contributed by atoms with van der Waals surface area (Å²) in [5.74, 6) is 0.267. The molecule has 0 aromatic rings. The van der Waals surface area contributed by atoms with Gasteiger partial charge in [0.1, 0.15) is 0 Å². The van der Waals surface area contributed by atoms with Crippen LogP contribution in [0.4, 0.5) is 0 Å². The van der Waals surface area contributed by atoms with Crippen LogP contribution in [-0.2, 0) is 4.79 Å². The Morgan fingerprint density at radius 1 is 1.31 bits per heavy atom. The van der Waals surface area contributed by atoms with Gasteiger partial charge in [-0.3, -0.25) is 4.79 Å². The number of amides is 1. The lowest BCUT2D eigenvalue weighted by atomic mass is 9.80. The molecule has 0 aromatic carbocycles. The predicted molar refractivity (Wildman–Crippen MR) is 68.2 cm³/mol. The van der Waals surface area contributed by atoms with E-state index in [1.165, 1.54) is 6.42 Å². The molecule has 1 heterocycles. The molecular formula is C14H23NO. The molecule has 0 aromatic heterocycles. The Hall–Kier alpha value is -1.05. The van der Waals surface area contributed by atoms with Crippen LogP contribution < -0.4 is 0 Å². The number of nitrogens with zero attached hydrogens (tertiary/aromatic N) is 1. The summed E-state index contributed by atoms with van der Waals surface area (Å²) in [4.78, 5) is 14.1. The second-order valence-corrected chi connectivity index (χ2v) is 4.57. The van der Waals surface area contributed by atoms with Crippen molar-refractivity contribution in [3.63, 3.8) is 0 Å². The number of carbonyl (C=O) groups excluding carboxylic acids is 1. The topological polar surface area (TPSA) is 20.3 Å². The molecule has 1 amide bonds. The fraction of sp³-hybridized carbons (Fsp3) is 0.643. The summed E-state index contributed by atoms with van der Waals surface area (Å²) in [6.45, 7) is 10.5. The maximum absolute atomic E-state index is 12.0. The lowest BCUT2D eigenvalue weighted by Gasteiger charge is -2.47. The van der Waals surface area contributed by atoms with Gasteiger partial charge in [0.2, 0.25) is 5.91 Å². The van der Waals surface area contributed by atoms with E-state index in [0.29, 0.717) is 6.42 Å². The Morgan fingerprint density at radius 3 is 2.44 bits per heavy atom.